The zero-order chi connectivity index (χ0) is 10.8. The average Bonchev–Trinajstić information content (AvgIpc) is 2.10. The predicted molar refractivity (Wildman–Crippen MR) is 59.0 cm³/mol. The molecule has 88 valence electrons. The van der Waals surface area contributed by atoms with Crippen molar-refractivity contribution in [2.45, 2.75) is 20.8 Å². The van der Waals surface area contributed by atoms with Crippen LogP contribution in [0.5, 0.6) is 0 Å². The molecule has 1 aliphatic heterocycles. The molecule has 0 amide bonds. The molecule has 5 heteroatoms. The Morgan fingerprint density at radius 1 is 1.60 bits per heavy atom. The summed E-state index contributed by atoms with van der Waals surface area (Å²) in [7, 11) is 0. The monoisotopic (exact) mass is 235 g/mol. The van der Waals surface area contributed by atoms with Crippen LogP contribution in [0.25, 0.3) is 0 Å². The maximum absolute atomic E-state index is 11.8. The smallest absolute Gasteiger partial charge is 0.317 e. The van der Waals surface area contributed by atoms with Gasteiger partial charge in [0.1, 0.15) is 5.92 Å². The van der Waals surface area contributed by atoms with E-state index in [-0.39, 0.29) is 18.2 Å². The molecule has 1 fully saturated rings. The van der Waals surface area contributed by atoms with Gasteiger partial charge >= 0.3 is 5.97 Å². The Bertz CT molecular complexity index is 253. The van der Waals surface area contributed by atoms with Gasteiger partial charge < -0.3 is 10.1 Å². The third kappa shape index (κ3) is 3.18. The van der Waals surface area contributed by atoms with Crippen molar-refractivity contribution in [2.75, 3.05) is 19.7 Å². The van der Waals surface area contributed by atoms with E-state index in [0.29, 0.717) is 19.7 Å². The molecule has 0 saturated carbocycles. The van der Waals surface area contributed by atoms with Gasteiger partial charge in [-0.25, -0.2) is 0 Å². The normalized spacial score (nSPS) is 24.2. The number of rotatable bonds is 2. The standard InChI is InChI=1S/C10H17NO3.ClH/c1-4-14-9(13)7-5-11-6-10(2,3)8(7)12;/h7,11H,4-6H2,1-3H3;1H. The number of hydrogen-bond donors (Lipinski definition) is 1. The third-order valence-corrected chi connectivity index (χ3v) is 2.47. The van der Waals surface area contributed by atoms with Gasteiger partial charge in [-0.1, -0.05) is 13.8 Å². The number of carbonyl (C=O) groups excluding carboxylic acids is 2. The van der Waals surface area contributed by atoms with Gasteiger partial charge in [0.05, 0.1) is 6.61 Å². The number of Topliss-reactive ketones (excluding diaryl/α,β-unsaturated/α-hetero) is 1. The summed E-state index contributed by atoms with van der Waals surface area (Å²) < 4.78 is 4.85. The van der Waals surface area contributed by atoms with Crippen LogP contribution in [0, 0.1) is 11.3 Å². The fourth-order valence-corrected chi connectivity index (χ4v) is 1.61. The number of hydrogen-bond acceptors (Lipinski definition) is 4. The zero-order valence-corrected chi connectivity index (χ0v) is 10.1. The van der Waals surface area contributed by atoms with E-state index in [1.165, 1.54) is 0 Å². The van der Waals surface area contributed by atoms with Gasteiger partial charge in [0.25, 0.3) is 0 Å². The lowest BCUT2D eigenvalue weighted by molar-refractivity contribution is -0.155. The van der Waals surface area contributed by atoms with Gasteiger partial charge in [-0.15, -0.1) is 12.4 Å². The Morgan fingerprint density at radius 2 is 2.20 bits per heavy atom. The number of carbonyl (C=O) groups is 2. The maximum atomic E-state index is 11.8. The van der Waals surface area contributed by atoms with Gasteiger partial charge in [-0.3, -0.25) is 9.59 Å². The van der Waals surface area contributed by atoms with Crippen LogP contribution < -0.4 is 5.32 Å². The molecule has 1 N–H and O–H groups in total. The van der Waals surface area contributed by atoms with E-state index in [1.807, 2.05) is 13.8 Å². The lowest BCUT2D eigenvalue weighted by Gasteiger charge is -2.32. The van der Waals surface area contributed by atoms with E-state index in [2.05, 4.69) is 5.32 Å². The first-order chi connectivity index (χ1) is 6.49. The fourth-order valence-electron chi connectivity index (χ4n) is 1.61. The molecule has 1 unspecified atom stereocenters. The molecule has 1 atom stereocenters. The van der Waals surface area contributed by atoms with Crippen LogP contribution in [0.4, 0.5) is 0 Å². The highest BCUT2D eigenvalue weighted by Gasteiger charge is 2.41. The van der Waals surface area contributed by atoms with Crippen molar-refractivity contribution in [3.8, 4) is 0 Å². The molecule has 1 rings (SSSR count). The Hall–Kier alpha value is -0.610. The fraction of sp³-hybridized carbons (Fsp3) is 0.800. The summed E-state index contributed by atoms with van der Waals surface area (Å²) in [5.41, 5.74) is -0.463. The van der Waals surface area contributed by atoms with Gasteiger partial charge in [-0.05, 0) is 6.92 Å². The minimum atomic E-state index is -0.626. The highest BCUT2D eigenvalue weighted by Crippen LogP contribution is 2.24. The van der Waals surface area contributed by atoms with Crippen molar-refractivity contribution in [3.05, 3.63) is 0 Å². The molecule has 0 radical (unpaired) electrons. The number of esters is 1. The molecule has 0 bridgehead atoms. The maximum Gasteiger partial charge on any atom is 0.317 e. The van der Waals surface area contributed by atoms with Crippen molar-refractivity contribution in [1.29, 1.82) is 0 Å². The number of nitrogens with one attached hydrogen (secondary N) is 1. The Labute approximate surface area is 96.2 Å². The van der Waals surface area contributed by atoms with Gasteiger partial charge in [-0.2, -0.15) is 0 Å². The summed E-state index contributed by atoms with van der Waals surface area (Å²) in [6.45, 7) is 6.77. The second-order valence-corrected chi connectivity index (χ2v) is 4.18. The molecule has 15 heavy (non-hydrogen) atoms. The first-order valence-electron chi connectivity index (χ1n) is 4.90. The summed E-state index contributed by atoms with van der Waals surface area (Å²) in [5, 5.41) is 3.07. The second kappa shape index (κ2) is 5.47. The largest absolute Gasteiger partial charge is 0.465 e. The molecule has 0 aromatic heterocycles. The average molecular weight is 236 g/mol. The number of ether oxygens (including phenoxy) is 1. The molecule has 1 heterocycles. The zero-order valence-electron chi connectivity index (χ0n) is 9.33. The van der Waals surface area contributed by atoms with Crippen LogP contribution in [-0.4, -0.2) is 31.4 Å². The van der Waals surface area contributed by atoms with Crippen LogP contribution in [0.1, 0.15) is 20.8 Å². The Balaban J connectivity index is 0.00000196. The third-order valence-electron chi connectivity index (χ3n) is 2.47. The van der Waals surface area contributed by atoms with Crippen LogP contribution in [0.2, 0.25) is 0 Å². The van der Waals surface area contributed by atoms with E-state index in [1.54, 1.807) is 6.92 Å². The summed E-state index contributed by atoms with van der Waals surface area (Å²) >= 11 is 0. The van der Waals surface area contributed by atoms with Crippen molar-refractivity contribution in [1.82, 2.24) is 5.32 Å². The molecule has 1 aliphatic rings. The summed E-state index contributed by atoms with van der Waals surface area (Å²) in [6, 6.07) is 0. The predicted octanol–water partition coefficient (Wildman–Crippen LogP) is 0.786. The Kier molecular flexibility index (Phi) is 5.24. The SMILES string of the molecule is CCOC(=O)C1CNCC(C)(C)C1=O.Cl. The molecular formula is C10H18ClNO3. The van der Waals surface area contributed by atoms with E-state index in [4.69, 9.17) is 4.74 Å². The molecular weight excluding hydrogens is 218 g/mol. The van der Waals surface area contributed by atoms with Crippen LogP contribution >= 0.6 is 12.4 Å². The highest BCUT2D eigenvalue weighted by molar-refractivity contribution is 6.02. The number of ketones is 1. The summed E-state index contributed by atoms with van der Waals surface area (Å²) in [5.74, 6) is -1.05. The lowest BCUT2D eigenvalue weighted by atomic mass is 9.78. The molecule has 0 spiro atoms. The van der Waals surface area contributed by atoms with Crippen molar-refractivity contribution >= 4 is 24.2 Å². The first-order valence-corrected chi connectivity index (χ1v) is 4.90. The molecule has 0 aromatic rings. The minimum absolute atomic E-state index is 0. The van der Waals surface area contributed by atoms with E-state index in [9.17, 15) is 9.59 Å². The van der Waals surface area contributed by atoms with Crippen LogP contribution in [0.15, 0.2) is 0 Å². The molecule has 0 aromatic carbocycles. The number of piperidine rings is 1. The van der Waals surface area contributed by atoms with Gasteiger partial charge in [0.2, 0.25) is 0 Å². The van der Waals surface area contributed by atoms with E-state index >= 15 is 0 Å². The van der Waals surface area contributed by atoms with E-state index < -0.39 is 17.3 Å². The highest BCUT2D eigenvalue weighted by atomic mass is 35.5. The van der Waals surface area contributed by atoms with Crippen molar-refractivity contribution in [2.24, 2.45) is 11.3 Å². The minimum Gasteiger partial charge on any atom is -0.465 e. The lowest BCUT2D eigenvalue weighted by Crippen LogP contribution is -2.52. The van der Waals surface area contributed by atoms with Crippen LogP contribution in [0.3, 0.4) is 0 Å². The number of halogens is 1. The van der Waals surface area contributed by atoms with Crippen LogP contribution in [-0.2, 0) is 14.3 Å². The quantitative estimate of drug-likeness (QED) is 0.568. The topological polar surface area (TPSA) is 55.4 Å². The van der Waals surface area contributed by atoms with E-state index in [0.717, 1.165) is 0 Å². The molecule has 4 nitrogen and oxygen atoms in total. The second-order valence-electron chi connectivity index (χ2n) is 4.18. The van der Waals surface area contributed by atoms with Crippen molar-refractivity contribution in [3.63, 3.8) is 0 Å². The first kappa shape index (κ1) is 14.4. The summed E-state index contributed by atoms with van der Waals surface area (Å²) in [4.78, 5) is 23.2. The Morgan fingerprint density at radius 3 is 2.73 bits per heavy atom. The molecule has 1 saturated heterocycles. The molecule has 0 aliphatic carbocycles. The van der Waals surface area contributed by atoms with Gasteiger partial charge in [0, 0.05) is 18.5 Å². The summed E-state index contributed by atoms with van der Waals surface area (Å²) in [6.07, 6.45) is 0. The van der Waals surface area contributed by atoms with Crippen molar-refractivity contribution < 1.29 is 14.3 Å². The van der Waals surface area contributed by atoms with Gasteiger partial charge in [0.15, 0.2) is 5.78 Å².